The van der Waals surface area contributed by atoms with E-state index in [2.05, 4.69) is 20.9 Å². The zero-order chi connectivity index (χ0) is 19.0. The highest BCUT2D eigenvalue weighted by Gasteiger charge is 2.35. The van der Waals surface area contributed by atoms with E-state index >= 15 is 0 Å². The third-order valence-electron chi connectivity index (χ3n) is 5.21. The predicted octanol–water partition coefficient (Wildman–Crippen LogP) is 7.47. The average Bonchev–Trinajstić information content (AvgIpc) is 3.26. The van der Waals surface area contributed by atoms with Crippen LogP contribution in [0.4, 0.5) is 13.2 Å². The topological polar surface area (TPSA) is 25.0 Å². The second kappa shape index (κ2) is 7.23. The molecule has 1 aliphatic carbocycles. The molecule has 0 spiro atoms. The summed E-state index contributed by atoms with van der Waals surface area (Å²) in [4.78, 5) is 3.26. The third-order valence-corrected chi connectivity index (χ3v) is 5.84. The Bertz CT molecular complexity index is 958. The minimum absolute atomic E-state index is 0.211. The minimum Gasteiger partial charge on any atom is -0.456 e. The van der Waals surface area contributed by atoms with Crippen LogP contribution >= 0.6 is 15.9 Å². The second-order valence-electron chi connectivity index (χ2n) is 7.09. The van der Waals surface area contributed by atoms with Gasteiger partial charge in [0.05, 0.1) is 10.0 Å². The van der Waals surface area contributed by atoms with Crippen molar-refractivity contribution in [2.24, 2.45) is 5.92 Å². The van der Waals surface area contributed by atoms with Gasteiger partial charge in [0.15, 0.2) is 5.75 Å². The molecule has 1 N–H and O–H groups in total. The SMILES string of the molecule is FC(F)(F)c1cccc(Br)c1Oc1ccc2[nH]cc(CC3CCCC3)c2c1. The number of benzene rings is 2. The summed E-state index contributed by atoms with van der Waals surface area (Å²) in [7, 11) is 0. The highest BCUT2D eigenvalue weighted by Crippen LogP contribution is 2.42. The number of para-hydroxylation sites is 1. The van der Waals surface area contributed by atoms with Crippen molar-refractivity contribution in [1.82, 2.24) is 4.98 Å². The van der Waals surface area contributed by atoms with Crippen LogP contribution in [0, 0.1) is 5.92 Å². The summed E-state index contributed by atoms with van der Waals surface area (Å²) in [5.41, 5.74) is 1.38. The van der Waals surface area contributed by atoms with Gasteiger partial charge in [-0.05, 0) is 64.2 Å². The van der Waals surface area contributed by atoms with Gasteiger partial charge in [0.1, 0.15) is 5.75 Å². The summed E-state index contributed by atoms with van der Waals surface area (Å²) < 4.78 is 45.9. The first-order valence-corrected chi connectivity index (χ1v) is 9.84. The number of hydrogen-bond acceptors (Lipinski definition) is 1. The van der Waals surface area contributed by atoms with E-state index in [-0.39, 0.29) is 10.2 Å². The lowest BCUT2D eigenvalue weighted by molar-refractivity contribution is -0.138. The Balaban J connectivity index is 1.67. The molecule has 0 bridgehead atoms. The Kier molecular flexibility index (Phi) is 4.93. The van der Waals surface area contributed by atoms with E-state index in [1.165, 1.54) is 37.3 Å². The van der Waals surface area contributed by atoms with E-state index in [9.17, 15) is 13.2 Å². The molecule has 0 radical (unpaired) electrons. The fourth-order valence-corrected chi connectivity index (χ4v) is 4.32. The molecule has 3 aromatic rings. The van der Waals surface area contributed by atoms with Gasteiger partial charge >= 0.3 is 6.18 Å². The highest BCUT2D eigenvalue weighted by molar-refractivity contribution is 9.10. The van der Waals surface area contributed by atoms with Crippen LogP contribution in [0.15, 0.2) is 47.1 Å². The van der Waals surface area contributed by atoms with Gasteiger partial charge in [0.2, 0.25) is 0 Å². The standard InChI is InChI=1S/C21H19BrF3NO/c22-18-7-3-6-17(21(23,24)25)20(18)27-15-8-9-19-16(11-15)14(12-26-19)10-13-4-1-2-5-13/h3,6-9,11-13,26H,1-2,4-5,10H2. The van der Waals surface area contributed by atoms with Crippen molar-refractivity contribution in [3.05, 3.63) is 58.2 Å². The number of ether oxygens (including phenoxy) is 1. The second-order valence-corrected chi connectivity index (χ2v) is 7.95. The van der Waals surface area contributed by atoms with Gasteiger partial charge in [-0.15, -0.1) is 0 Å². The number of nitrogens with one attached hydrogen (secondary N) is 1. The molecule has 1 aromatic heterocycles. The molecule has 0 atom stereocenters. The van der Waals surface area contributed by atoms with Gasteiger partial charge in [0.25, 0.3) is 0 Å². The van der Waals surface area contributed by atoms with Crippen LogP contribution in [0.5, 0.6) is 11.5 Å². The van der Waals surface area contributed by atoms with Crippen LogP contribution in [0.25, 0.3) is 10.9 Å². The normalized spacial score (nSPS) is 15.6. The quantitative estimate of drug-likeness (QED) is 0.449. The molecule has 6 heteroatoms. The summed E-state index contributed by atoms with van der Waals surface area (Å²) in [5, 5.41) is 1.01. The number of fused-ring (bicyclic) bond motifs is 1. The van der Waals surface area contributed by atoms with Crippen molar-refractivity contribution in [1.29, 1.82) is 0 Å². The lowest BCUT2D eigenvalue weighted by atomic mass is 9.98. The summed E-state index contributed by atoms with van der Waals surface area (Å²) in [5.74, 6) is 0.873. The molecule has 0 saturated heterocycles. The van der Waals surface area contributed by atoms with Gasteiger partial charge in [-0.2, -0.15) is 13.2 Å². The summed E-state index contributed by atoms with van der Waals surface area (Å²) in [6, 6.07) is 9.31. The summed E-state index contributed by atoms with van der Waals surface area (Å²) in [6.07, 6.45) is 3.57. The van der Waals surface area contributed by atoms with Crippen molar-refractivity contribution in [3.63, 3.8) is 0 Å². The van der Waals surface area contributed by atoms with Crippen molar-refractivity contribution in [3.8, 4) is 11.5 Å². The van der Waals surface area contributed by atoms with Crippen LogP contribution in [-0.2, 0) is 12.6 Å². The first-order valence-electron chi connectivity index (χ1n) is 9.05. The number of hydrogen-bond donors (Lipinski definition) is 1. The van der Waals surface area contributed by atoms with Gasteiger partial charge in [-0.1, -0.05) is 31.7 Å². The van der Waals surface area contributed by atoms with E-state index in [1.54, 1.807) is 12.1 Å². The van der Waals surface area contributed by atoms with Gasteiger partial charge in [-0.25, -0.2) is 0 Å². The molecular weight excluding hydrogens is 419 g/mol. The minimum atomic E-state index is -4.48. The van der Waals surface area contributed by atoms with E-state index in [0.29, 0.717) is 11.7 Å². The zero-order valence-corrected chi connectivity index (χ0v) is 16.2. The fraction of sp³-hybridized carbons (Fsp3) is 0.333. The Hall–Kier alpha value is -1.95. The molecule has 27 heavy (non-hydrogen) atoms. The van der Waals surface area contributed by atoms with E-state index in [1.807, 2.05) is 18.3 Å². The van der Waals surface area contributed by atoms with Crippen LogP contribution in [0.3, 0.4) is 0 Å². The fourth-order valence-electron chi connectivity index (χ4n) is 3.87. The highest BCUT2D eigenvalue weighted by atomic mass is 79.9. The number of aromatic nitrogens is 1. The number of halogens is 4. The number of alkyl halides is 3. The van der Waals surface area contributed by atoms with Crippen LogP contribution in [0.2, 0.25) is 0 Å². The lowest BCUT2D eigenvalue weighted by Gasteiger charge is -2.15. The monoisotopic (exact) mass is 437 g/mol. The molecule has 142 valence electrons. The van der Waals surface area contributed by atoms with Gasteiger partial charge in [0, 0.05) is 17.1 Å². The Morgan fingerprint density at radius 1 is 1.11 bits per heavy atom. The number of aromatic amines is 1. The molecule has 0 amide bonds. The average molecular weight is 438 g/mol. The lowest BCUT2D eigenvalue weighted by Crippen LogP contribution is -2.07. The van der Waals surface area contributed by atoms with E-state index in [0.717, 1.165) is 23.4 Å². The first kappa shape index (κ1) is 18.4. The smallest absolute Gasteiger partial charge is 0.420 e. The van der Waals surface area contributed by atoms with Gasteiger partial charge in [-0.3, -0.25) is 0 Å². The molecule has 2 aromatic carbocycles. The summed E-state index contributed by atoms with van der Waals surface area (Å²) >= 11 is 3.18. The van der Waals surface area contributed by atoms with Crippen LogP contribution in [0.1, 0.15) is 36.8 Å². The number of H-pyrrole nitrogens is 1. The van der Waals surface area contributed by atoms with E-state index in [4.69, 9.17) is 4.74 Å². The van der Waals surface area contributed by atoms with Crippen molar-refractivity contribution in [2.75, 3.05) is 0 Å². The first-order chi connectivity index (χ1) is 12.9. The Morgan fingerprint density at radius 2 is 1.89 bits per heavy atom. The maximum Gasteiger partial charge on any atom is 0.420 e. The van der Waals surface area contributed by atoms with Crippen molar-refractivity contribution < 1.29 is 17.9 Å². The molecule has 1 aliphatic rings. The zero-order valence-electron chi connectivity index (χ0n) is 14.6. The van der Waals surface area contributed by atoms with Crippen molar-refractivity contribution >= 4 is 26.8 Å². The molecule has 2 nitrogen and oxygen atoms in total. The Labute approximate surface area is 163 Å². The number of rotatable bonds is 4. The van der Waals surface area contributed by atoms with Gasteiger partial charge < -0.3 is 9.72 Å². The maximum absolute atomic E-state index is 13.3. The molecular formula is C21H19BrF3NO. The summed E-state index contributed by atoms with van der Waals surface area (Å²) in [6.45, 7) is 0. The largest absolute Gasteiger partial charge is 0.456 e. The van der Waals surface area contributed by atoms with E-state index < -0.39 is 11.7 Å². The molecule has 0 aliphatic heterocycles. The maximum atomic E-state index is 13.3. The predicted molar refractivity (Wildman–Crippen MR) is 103 cm³/mol. The third kappa shape index (κ3) is 3.86. The van der Waals surface area contributed by atoms with Crippen LogP contribution in [-0.4, -0.2) is 4.98 Å². The molecule has 4 rings (SSSR count). The molecule has 1 saturated carbocycles. The molecule has 0 unspecified atom stereocenters. The Morgan fingerprint density at radius 3 is 2.63 bits per heavy atom. The molecule has 1 heterocycles. The molecule has 1 fully saturated rings. The van der Waals surface area contributed by atoms with Crippen molar-refractivity contribution in [2.45, 2.75) is 38.3 Å². The van der Waals surface area contributed by atoms with Crippen LogP contribution < -0.4 is 4.74 Å².